The summed E-state index contributed by atoms with van der Waals surface area (Å²) in [6, 6.07) is 18.5. The molecule has 4 aliphatic rings. The van der Waals surface area contributed by atoms with Crippen LogP contribution in [0.5, 0.6) is 0 Å². The molecule has 3 aromatic carbocycles. The van der Waals surface area contributed by atoms with E-state index >= 15 is 4.79 Å². The van der Waals surface area contributed by atoms with Crippen molar-refractivity contribution in [2.75, 3.05) is 16.9 Å². The fourth-order valence-electron chi connectivity index (χ4n) is 7.74. The smallest absolute Gasteiger partial charge is 0.250 e. The topological polar surface area (TPSA) is 49.4 Å². The molecule has 1 amide bonds. The average Bonchev–Trinajstić information content (AvgIpc) is 3.57. The number of anilines is 1. The monoisotopic (exact) mass is 628 g/mol. The molecule has 3 heterocycles. The van der Waals surface area contributed by atoms with Crippen LogP contribution >= 0.6 is 58.2 Å². The fraction of sp³-hybridized carbons (Fsp3) is 0.290. The Morgan fingerprint density at radius 3 is 2.48 bits per heavy atom. The standard InChI is InChI=1S/C31H24Cl4N2O2S/c32-19-8-7-17(23(34)13-19)12-18-4-3-11-30(28(18)38)27(21-10-9-20(33)14-24(21)35)26-15-40-16-37(26)31(30)22-5-1-2-6-25(22)36-29(31)39/h1-2,5-10,12-14,26-27H,3-4,11,15-16H2,(H,36,39)/b18-12+/t26-,27-,30-,31-/m0/s1. The molecular weight excluding hydrogens is 606 g/mol. The first-order valence-corrected chi connectivity index (χ1v) is 15.9. The van der Waals surface area contributed by atoms with E-state index in [1.807, 2.05) is 48.5 Å². The Kier molecular flexibility index (Phi) is 6.58. The molecular formula is C31H24Cl4N2O2S. The van der Waals surface area contributed by atoms with E-state index in [0.29, 0.717) is 44.4 Å². The van der Waals surface area contributed by atoms with Crippen LogP contribution in [0.4, 0.5) is 5.69 Å². The van der Waals surface area contributed by atoms with Crippen molar-refractivity contribution < 1.29 is 9.59 Å². The number of para-hydroxylation sites is 1. The molecule has 1 aliphatic carbocycles. The Bertz CT molecular complexity index is 1630. The van der Waals surface area contributed by atoms with E-state index in [9.17, 15) is 4.79 Å². The highest BCUT2D eigenvalue weighted by atomic mass is 35.5. The van der Waals surface area contributed by atoms with Gasteiger partial charge in [-0.15, -0.1) is 11.8 Å². The normalized spacial score (nSPS) is 30.4. The summed E-state index contributed by atoms with van der Waals surface area (Å²) in [5.74, 6) is 0.948. The number of nitrogens with one attached hydrogen (secondary N) is 1. The van der Waals surface area contributed by atoms with Gasteiger partial charge in [0.25, 0.3) is 5.91 Å². The van der Waals surface area contributed by atoms with Crippen LogP contribution in [0.15, 0.2) is 66.2 Å². The van der Waals surface area contributed by atoms with Crippen molar-refractivity contribution in [3.63, 3.8) is 0 Å². The van der Waals surface area contributed by atoms with Gasteiger partial charge in [-0.3, -0.25) is 14.5 Å². The van der Waals surface area contributed by atoms with E-state index in [1.54, 1.807) is 30.0 Å². The molecule has 0 bridgehead atoms. The Hall–Kier alpha value is -1.99. The van der Waals surface area contributed by atoms with E-state index in [1.165, 1.54) is 0 Å². The Morgan fingerprint density at radius 1 is 0.950 bits per heavy atom. The number of allylic oxidation sites excluding steroid dienone is 1. The summed E-state index contributed by atoms with van der Waals surface area (Å²) in [6.07, 6.45) is 3.78. The summed E-state index contributed by atoms with van der Waals surface area (Å²) in [5.41, 5.74) is 1.61. The van der Waals surface area contributed by atoms with E-state index in [4.69, 9.17) is 46.4 Å². The molecule has 40 heavy (non-hydrogen) atoms. The van der Waals surface area contributed by atoms with Crippen molar-refractivity contribution in [1.29, 1.82) is 0 Å². The van der Waals surface area contributed by atoms with Crippen LogP contribution in [0, 0.1) is 5.41 Å². The molecule has 1 N–H and O–H groups in total. The largest absolute Gasteiger partial charge is 0.324 e. The molecule has 0 radical (unpaired) electrons. The number of amides is 1. The second-order valence-corrected chi connectivity index (χ2v) is 13.6. The van der Waals surface area contributed by atoms with Crippen LogP contribution in [0.2, 0.25) is 20.1 Å². The molecule has 3 aromatic rings. The molecule has 2 saturated heterocycles. The lowest BCUT2D eigenvalue weighted by atomic mass is 9.53. The molecule has 1 saturated carbocycles. The predicted molar refractivity (Wildman–Crippen MR) is 165 cm³/mol. The molecule has 204 valence electrons. The maximum atomic E-state index is 15.2. The number of nitrogens with zero attached hydrogens (tertiary/aromatic N) is 1. The number of Topliss-reactive ketones (excluding diaryl/α,β-unsaturated/α-hetero) is 1. The number of thioether (sulfide) groups is 1. The number of benzene rings is 3. The molecule has 2 spiro atoms. The zero-order valence-corrected chi connectivity index (χ0v) is 25.1. The van der Waals surface area contributed by atoms with Gasteiger partial charge in [-0.25, -0.2) is 0 Å². The van der Waals surface area contributed by atoms with Gasteiger partial charge in [0, 0.05) is 54.9 Å². The maximum absolute atomic E-state index is 15.2. The summed E-state index contributed by atoms with van der Waals surface area (Å²) in [6.45, 7) is 0. The molecule has 4 atom stereocenters. The van der Waals surface area contributed by atoms with Gasteiger partial charge in [0.1, 0.15) is 5.54 Å². The lowest BCUT2D eigenvalue weighted by molar-refractivity contribution is -0.145. The highest BCUT2D eigenvalue weighted by molar-refractivity contribution is 7.99. The molecule has 9 heteroatoms. The van der Waals surface area contributed by atoms with E-state index < -0.39 is 11.0 Å². The summed E-state index contributed by atoms with van der Waals surface area (Å²) >= 11 is 27.7. The molecule has 3 aliphatic heterocycles. The zero-order valence-electron chi connectivity index (χ0n) is 21.2. The van der Waals surface area contributed by atoms with Crippen molar-refractivity contribution in [3.05, 3.63) is 103 Å². The highest BCUT2D eigenvalue weighted by Gasteiger charge is 2.78. The minimum absolute atomic E-state index is 0.0213. The summed E-state index contributed by atoms with van der Waals surface area (Å²) in [5, 5.41) is 5.22. The summed E-state index contributed by atoms with van der Waals surface area (Å²) in [7, 11) is 0. The summed E-state index contributed by atoms with van der Waals surface area (Å²) < 4.78 is 0. The number of halogens is 4. The Balaban J connectivity index is 1.52. The minimum atomic E-state index is -1.17. The van der Waals surface area contributed by atoms with Crippen molar-refractivity contribution in [2.45, 2.75) is 36.8 Å². The number of carbonyl (C=O) groups is 2. The first kappa shape index (κ1) is 26.9. The van der Waals surface area contributed by atoms with Gasteiger partial charge in [0.05, 0.1) is 5.41 Å². The number of rotatable bonds is 2. The fourth-order valence-corrected chi connectivity index (χ4v) is 10.0. The quantitative estimate of drug-likeness (QED) is 0.289. The molecule has 0 unspecified atom stereocenters. The van der Waals surface area contributed by atoms with Crippen molar-refractivity contribution in [1.82, 2.24) is 4.90 Å². The Labute approximate surface area is 257 Å². The molecule has 4 nitrogen and oxygen atoms in total. The van der Waals surface area contributed by atoms with Crippen LogP contribution in [-0.4, -0.2) is 34.3 Å². The number of hydrogen-bond donors (Lipinski definition) is 1. The molecule has 3 fully saturated rings. The Morgan fingerprint density at radius 2 is 1.70 bits per heavy atom. The van der Waals surface area contributed by atoms with Crippen LogP contribution in [0.1, 0.15) is 41.9 Å². The average molecular weight is 630 g/mol. The number of ketones is 1. The SMILES string of the molecule is O=C1Nc2ccccc2[C@]12N1CSC[C@H]1[C@H](c1ccc(Cl)cc1Cl)[C@]21CCC/C(=C\c2ccc(Cl)cc2Cl)C1=O. The van der Waals surface area contributed by atoms with Crippen molar-refractivity contribution >= 4 is 81.6 Å². The van der Waals surface area contributed by atoms with E-state index in [2.05, 4.69) is 10.2 Å². The number of hydrogen-bond acceptors (Lipinski definition) is 4. The third-order valence-corrected chi connectivity index (χ3v) is 11.3. The van der Waals surface area contributed by atoms with Gasteiger partial charge in [0.2, 0.25) is 0 Å². The first-order chi connectivity index (χ1) is 19.3. The lowest BCUT2D eigenvalue weighted by Gasteiger charge is -2.49. The van der Waals surface area contributed by atoms with Gasteiger partial charge in [0.15, 0.2) is 5.78 Å². The van der Waals surface area contributed by atoms with Crippen LogP contribution in [-0.2, 0) is 15.1 Å². The maximum Gasteiger partial charge on any atom is 0.250 e. The second-order valence-electron chi connectivity index (χ2n) is 10.9. The number of fused-ring (bicyclic) bond motifs is 5. The molecule has 0 aromatic heterocycles. The van der Waals surface area contributed by atoms with Gasteiger partial charge in [-0.05, 0) is 72.4 Å². The highest BCUT2D eigenvalue weighted by Crippen LogP contribution is 2.71. The van der Waals surface area contributed by atoms with Crippen molar-refractivity contribution in [2.24, 2.45) is 5.41 Å². The first-order valence-electron chi connectivity index (χ1n) is 13.2. The van der Waals surface area contributed by atoms with Gasteiger partial charge in [-0.1, -0.05) is 76.7 Å². The second kappa shape index (κ2) is 9.79. The van der Waals surface area contributed by atoms with Gasteiger partial charge in [-0.2, -0.15) is 0 Å². The molecule has 7 rings (SSSR count). The number of carbonyl (C=O) groups excluding carboxylic acids is 2. The van der Waals surface area contributed by atoms with Gasteiger partial charge >= 0.3 is 0 Å². The van der Waals surface area contributed by atoms with Gasteiger partial charge < -0.3 is 5.32 Å². The van der Waals surface area contributed by atoms with Crippen molar-refractivity contribution in [3.8, 4) is 0 Å². The van der Waals surface area contributed by atoms with E-state index in [0.717, 1.165) is 34.6 Å². The third-order valence-electron chi connectivity index (χ3n) is 9.11. The van der Waals surface area contributed by atoms with Crippen LogP contribution < -0.4 is 5.32 Å². The predicted octanol–water partition coefficient (Wildman–Crippen LogP) is 8.44. The zero-order chi connectivity index (χ0) is 27.8. The minimum Gasteiger partial charge on any atom is -0.324 e. The lowest BCUT2D eigenvalue weighted by Crippen LogP contribution is -2.60. The van der Waals surface area contributed by atoms with Crippen LogP contribution in [0.3, 0.4) is 0 Å². The van der Waals surface area contributed by atoms with Crippen LogP contribution in [0.25, 0.3) is 6.08 Å². The summed E-state index contributed by atoms with van der Waals surface area (Å²) in [4.78, 5) is 32.0. The third kappa shape index (κ3) is 3.58. The van der Waals surface area contributed by atoms with E-state index in [-0.39, 0.29) is 23.7 Å².